The molecule has 26 heavy (non-hydrogen) atoms. The molecule has 8 heteroatoms. The molecule has 1 aromatic heterocycles. The van der Waals surface area contributed by atoms with Crippen LogP contribution in [-0.2, 0) is 6.18 Å². The predicted octanol–water partition coefficient (Wildman–Crippen LogP) is 3.68. The van der Waals surface area contributed by atoms with Crippen LogP contribution in [-0.4, -0.2) is 46.4 Å². The van der Waals surface area contributed by atoms with Gasteiger partial charge in [-0.25, -0.2) is 0 Å². The standard InChI is InChI=1S/C18H21F3N4O/c1-11-8-12(18(19,20)21)9-15(26)17(11)14-5-6-16(24-23-14)22-13-4-3-7-25(2)10-13/h5-6,8-9,13,26H,3-4,7,10H2,1-2H3,(H,22,24)/t13-/m1/s1. The number of hydrogen-bond donors (Lipinski definition) is 2. The fourth-order valence-electron chi connectivity index (χ4n) is 3.30. The molecule has 0 unspecified atom stereocenters. The molecule has 140 valence electrons. The van der Waals surface area contributed by atoms with Crippen molar-refractivity contribution in [3.05, 3.63) is 35.4 Å². The first kappa shape index (κ1) is 18.4. The number of aryl methyl sites for hydroxylation is 1. The quantitative estimate of drug-likeness (QED) is 0.868. The molecule has 3 rings (SSSR count). The van der Waals surface area contributed by atoms with E-state index in [0.29, 0.717) is 23.1 Å². The fraction of sp³-hybridized carbons (Fsp3) is 0.444. The van der Waals surface area contributed by atoms with Crippen LogP contribution in [0.1, 0.15) is 24.0 Å². The van der Waals surface area contributed by atoms with Crippen molar-refractivity contribution >= 4 is 5.82 Å². The number of benzene rings is 1. The number of nitrogens with one attached hydrogen (secondary N) is 1. The molecule has 2 heterocycles. The first-order valence-electron chi connectivity index (χ1n) is 8.44. The van der Waals surface area contributed by atoms with E-state index in [1.165, 1.54) is 6.92 Å². The van der Waals surface area contributed by atoms with Crippen LogP contribution in [0.2, 0.25) is 0 Å². The topological polar surface area (TPSA) is 61.3 Å². The van der Waals surface area contributed by atoms with Gasteiger partial charge in [-0.05, 0) is 63.2 Å². The zero-order chi connectivity index (χ0) is 18.9. The van der Waals surface area contributed by atoms with Crippen LogP contribution >= 0.6 is 0 Å². The van der Waals surface area contributed by atoms with E-state index in [4.69, 9.17) is 0 Å². The van der Waals surface area contributed by atoms with Crippen LogP contribution < -0.4 is 5.32 Å². The highest BCUT2D eigenvalue weighted by atomic mass is 19.4. The van der Waals surface area contributed by atoms with Gasteiger partial charge in [0.25, 0.3) is 0 Å². The van der Waals surface area contributed by atoms with Crippen LogP contribution in [0.3, 0.4) is 0 Å². The molecule has 1 aliphatic heterocycles. The van der Waals surface area contributed by atoms with E-state index in [-0.39, 0.29) is 11.6 Å². The first-order valence-corrected chi connectivity index (χ1v) is 8.44. The molecule has 5 nitrogen and oxygen atoms in total. The number of phenols is 1. The van der Waals surface area contributed by atoms with Crippen LogP contribution in [0.4, 0.5) is 19.0 Å². The van der Waals surface area contributed by atoms with Gasteiger partial charge in [-0.2, -0.15) is 13.2 Å². The molecule has 0 radical (unpaired) electrons. The first-order chi connectivity index (χ1) is 12.2. The van der Waals surface area contributed by atoms with Crippen LogP contribution in [0.15, 0.2) is 24.3 Å². The summed E-state index contributed by atoms with van der Waals surface area (Å²) in [6.45, 7) is 3.51. The van der Waals surface area contributed by atoms with Gasteiger partial charge in [0.1, 0.15) is 11.6 Å². The third-order valence-electron chi connectivity index (χ3n) is 4.54. The largest absolute Gasteiger partial charge is 0.507 e. The smallest absolute Gasteiger partial charge is 0.416 e. The van der Waals surface area contributed by atoms with Crippen molar-refractivity contribution in [3.63, 3.8) is 0 Å². The van der Waals surface area contributed by atoms with Crippen molar-refractivity contribution in [2.24, 2.45) is 0 Å². The van der Waals surface area contributed by atoms with E-state index in [9.17, 15) is 18.3 Å². The Bertz CT molecular complexity index is 754. The second kappa shape index (κ2) is 7.11. The second-order valence-corrected chi connectivity index (χ2v) is 6.73. The van der Waals surface area contributed by atoms with Gasteiger partial charge in [-0.3, -0.25) is 0 Å². The van der Waals surface area contributed by atoms with E-state index in [1.54, 1.807) is 12.1 Å². The maximum atomic E-state index is 12.8. The zero-order valence-electron chi connectivity index (χ0n) is 14.6. The minimum absolute atomic E-state index is 0.259. The summed E-state index contributed by atoms with van der Waals surface area (Å²) in [6, 6.07) is 5.38. The van der Waals surface area contributed by atoms with Crippen molar-refractivity contribution in [1.29, 1.82) is 0 Å². The zero-order valence-corrected chi connectivity index (χ0v) is 14.6. The minimum atomic E-state index is -4.51. The number of anilines is 1. The SMILES string of the molecule is Cc1cc(C(F)(F)F)cc(O)c1-c1ccc(N[C@@H]2CCCN(C)C2)nn1. The Morgan fingerprint density at radius 2 is 2.00 bits per heavy atom. The minimum Gasteiger partial charge on any atom is -0.507 e. The number of aromatic hydroxyl groups is 1. The van der Waals surface area contributed by atoms with Gasteiger partial charge in [0.15, 0.2) is 0 Å². The van der Waals surface area contributed by atoms with Crippen LogP contribution in [0, 0.1) is 6.92 Å². The number of nitrogens with zero attached hydrogens (tertiary/aromatic N) is 3. The summed E-state index contributed by atoms with van der Waals surface area (Å²) < 4.78 is 38.5. The van der Waals surface area contributed by atoms with E-state index in [0.717, 1.165) is 32.0 Å². The van der Waals surface area contributed by atoms with Crippen molar-refractivity contribution < 1.29 is 18.3 Å². The van der Waals surface area contributed by atoms with Crippen molar-refractivity contribution in [2.75, 3.05) is 25.5 Å². The second-order valence-electron chi connectivity index (χ2n) is 6.73. The Labute approximate surface area is 149 Å². The molecule has 2 N–H and O–H groups in total. The molecular formula is C18H21F3N4O. The molecule has 1 fully saturated rings. The normalized spacial score (nSPS) is 18.7. The molecule has 0 spiro atoms. The molecule has 1 aromatic carbocycles. The number of halogens is 3. The highest BCUT2D eigenvalue weighted by molar-refractivity contribution is 5.71. The Morgan fingerprint density at radius 1 is 1.23 bits per heavy atom. The van der Waals surface area contributed by atoms with Gasteiger partial charge in [0, 0.05) is 18.2 Å². The summed E-state index contributed by atoms with van der Waals surface area (Å²) in [4.78, 5) is 2.24. The number of aromatic nitrogens is 2. The average Bonchev–Trinajstić information content (AvgIpc) is 2.55. The van der Waals surface area contributed by atoms with Gasteiger partial charge in [0.05, 0.1) is 11.3 Å². The molecule has 0 aliphatic carbocycles. The van der Waals surface area contributed by atoms with Gasteiger partial charge in [-0.15, -0.1) is 10.2 Å². The van der Waals surface area contributed by atoms with Crippen molar-refractivity contribution in [3.8, 4) is 17.0 Å². The van der Waals surface area contributed by atoms with Crippen LogP contribution in [0.5, 0.6) is 5.75 Å². The van der Waals surface area contributed by atoms with Crippen molar-refractivity contribution in [1.82, 2.24) is 15.1 Å². The average molecular weight is 366 g/mol. The Balaban J connectivity index is 1.80. The number of piperidine rings is 1. The lowest BCUT2D eigenvalue weighted by Crippen LogP contribution is -2.39. The summed E-state index contributed by atoms with van der Waals surface area (Å²) in [6.07, 6.45) is -2.35. The van der Waals surface area contributed by atoms with Gasteiger partial charge in [0.2, 0.25) is 0 Å². The molecule has 0 amide bonds. The summed E-state index contributed by atoms with van der Waals surface area (Å²) in [5, 5.41) is 21.6. The van der Waals surface area contributed by atoms with Crippen LogP contribution in [0.25, 0.3) is 11.3 Å². The van der Waals surface area contributed by atoms with Gasteiger partial charge >= 0.3 is 6.18 Å². The Hall–Kier alpha value is -2.35. The number of likely N-dealkylation sites (tertiary alicyclic amines) is 1. The monoisotopic (exact) mass is 366 g/mol. The molecule has 0 bridgehead atoms. The molecule has 0 saturated carbocycles. The Kier molecular flexibility index (Phi) is 5.04. The highest BCUT2D eigenvalue weighted by Crippen LogP contribution is 2.38. The summed E-state index contributed by atoms with van der Waals surface area (Å²) in [7, 11) is 2.07. The lowest BCUT2D eigenvalue weighted by molar-refractivity contribution is -0.137. The molecule has 1 atom stereocenters. The third-order valence-corrected chi connectivity index (χ3v) is 4.54. The number of rotatable bonds is 3. The lowest BCUT2D eigenvalue weighted by atomic mass is 10.0. The number of alkyl halides is 3. The van der Waals surface area contributed by atoms with E-state index in [1.807, 2.05) is 0 Å². The maximum absolute atomic E-state index is 12.8. The molecule has 2 aromatic rings. The number of phenolic OH excluding ortho intramolecular Hbond substituents is 1. The van der Waals surface area contributed by atoms with Gasteiger partial charge in [-0.1, -0.05) is 0 Å². The summed E-state index contributed by atoms with van der Waals surface area (Å²) >= 11 is 0. The molecule has 1 aliphatic rings. The summed E-state index contributed by atoms with van der Waals surface area (Å²) in [5.74, 6) is 0.152. The maximum Gasteiger partial charge on any atom is 0.416 e. The van der Waals surface area contributed by atoms with E-state index in [2.05, 4.69) is 27.5 Å². The van der Waals surface area contributed by atoms with E-state index >= 15 is 0 Å². The van der Waals surface area contributed by atoms with Crippen molar-refractivity contribution in [2.45, 2.75) is 32.0 Å². The predicted molar refractivity (Wildman–Crippen MR) is 93.0 cm³/mol. The lowest BCUT2D eigenvalue weighted by Gasteiger charge is -2.30. The number of hydrogen-bond acceptors (Lipinski definition) is 5. The number of likely N-dealkylation sites (N-methyl/N-ethyl adjacent to an activating group) is 1. The van der Waals surface area contributed by atoms with E-state index < -0.39 is 17.5 Å². The third kappa shape index (κ3) is 4.07. The molecule has 1 saturated heterocycles. The fourth-order valence-corrected chi connectivity index (χ4v) is 3.30. The molecular weight excluding hydrogens is 345 g/mol. The summed E-state index contributed by atoms with van der Waals surface area (Å²) in [5.41, 5.74) is -0.000333. The Morgan fingerprint density at radius 3 is 2.58 bits per heavy atom. The highest BCUT2D eigenvalue weighted by Gasteiger charge is 2.32. The van der Waals surface area contributed by atoms with Gasteiger partial charge < -0.3 is 15.3 Å².